The van der Waals surface area contributed by atoms with Crippen LogP contribution >= 0.6 is 0 Å². The van der Waals surface area contributed by atoms with Crippen molar-refractivity contribution >= 4 is 65.7 Å². The lowest BCUT2D eigenvalue weighted by Crippen LogP contribution is -2.10. The summed E-state index contributed by atoms with van der Waals surface area (Å²) in [6, 6.07) is 19.5. The Bertz CT molecular complexity index is 3040. The van der Waals surface area contributed by atoms with Crippen LogP contribution < -0.4 is 18.9 Å². The number of unbranched alkanes of at least 4 members (excludes halogenated alkanes) is 24. The molecule has 26 nitrogen and oxygen atoms in total. The third-order valence-corrected chi connectivity index (χ3v) is 17.3. The molecular formula is C85H124O26. The molecule has 0 spiro atoms. The first-order valence-corrected chi connectivity index (χ1v) is 40.5. The smallest absolute Gasteiger partial charge is 0.365 e. The van der Waals surface area contributed by atoms with Gasteiger partial charge in [0, 0.05) is 64.0 Å². The minimum Gasteiger partial charge on any atom is -0.494 e. The van der Waals surface area contributed by atoms with E-state index >= 15 is 0 Å². The van der Waals surface area contributed by atoms with E-state index in [1.165, 1.54) is 0 Å². The van der Waals surface area contributed by atoms with Crippen LogP contribution in [0.25, 0.3) is 0 Å². The summed E-state index contributed by atoms with van der Waals surface area (Å²) in [7, 11) is 0. The zero-order chi connectivity index (χ0) is 80.1. The van der Waals surface area contributed by atoms with Gasteiger partial charge in [0.25, 0.3) is 0 Å². The topological polar surface area (TPSA) is 337 Å². The number of esters is 10. The molecule has 0 atom stereocenters. The number of carbonyl (C=O) groups excluding carboxylic acids is 11. The molecule has 0 amide bonds. The van der Waals surface area contributed by atoms with Gasteiger partial charge in [-0.05, 0) is 253 Å². The van der Waals surface area contributed by atoms with Gasteiger partial charge in [-0.15, -0.1) is 0 Å². The molecule has 0 aliphatic heterocycles. The van der Waals surface area contributed by atoms with Crippen molar-refractivity contribution in [2.24, 2.45) is 0 Å². The van der Waals surface area contributed by atoms with Crippen LogP contribution in [0.15, 0.2) is 85.5 Å². The van der Waals surface area contributed by atoms with Crippen LogP contribution in [0.5, 0.6) is 23.0 Å². The molecule has 26 heteroatoms. The molecule has 0 radical (unpaired) electrons. The number of ether oxygens (including phenoxy) is 12. The van der Waals surface area contributed by atoms with Crippen LogP contribution in [0, 0.1) is 0 Å². The molecular weight excluding hydrogens is 1440 g/mol. The minimum absolute atomic E-state index is 0.128. The zero-order valence-corrected chi connectivity index (χ0v) is 65.5. The second-order valence-electron chi connectivity index (χ2n) is 26.9. The van der Waals surface area contributed by atoms with E-state index in [-0.39, 0.29) is 118 Å². The van der Waals surface area contributed by atoms with Crippen LogP contribution in [-0.4, -0.2) is 150 Å². The van der Waals surface area contributed by atoms with Crippen LogP contribution in [0.2, 0.25) is 0 Å². The summed E-state index contributed by atoms with van der Waals surface area (Å²) in [5.74, 6) is -2.00. The molecule has 1 N–H and O–H groups in total. The highest BCUT2D eigenvalue weighted by atomic mass is 17.2. The molecule has 0 bridgehead atoms. The second kappa shape index (κ2) is 66.8. The Morgan fingerprint density at radius 3 is 0.703 bits per heavy atom. The van der Waals surface area contributed by atoms with Crippen LogP contribution in [-0.2, 0) is 90.8 Å². The molecule has 0 heterocycles. The highest BCUT2D eigenvalue weighted by Crippen LogP contribution is 2.23. The van der Waals surface area contributed by atoms with Crippen LogP contribution in [0.3, 0.4) is 0 Å². The van der Waals surface area contributed by atoms with Crippen LogP contribution in [0.1, 0.15) is 290 Å². The van der Waals surface area contributed by atoms with Gasteiger partial charge in [0.1, 0.15) is 23.0 Å². The lowest BCUT2D eigenvalue weighted by atomic mass is 10.1. The molecule has 0 aliphatic carbocycles. The third-order valence-electron chi connectivity index (χ3n) is 17.3. The molecule has 111 heavy (non-hydrogen) atoms. The number of rotatable bonds is 71. The number of hydrogen-bond donors (Lipinski definition) is 1. The van der Waals surface area contributed by atoms with Gasteiger partial charge in [0.15, 0.2) is 0 Å². The Balaban J connectivity index is 0.996. The number of aliphatic hydroxyl groups excluding tert-OH is 1. The Kier molecular flexibility index (Phi) is 58.0. The van der Waals surface area contributed by atoms with Gasteiger partial charge in [-0.1, -0.05) is 45.1 Å². The maximum Gasteiger partial charge on any atom is 0.365 e. The Hall–Kier alpha value is -8.91. The Morgan fingerprint density at radius 1 is 0.252 bits per heavy atom. The van der Waals surface area contributed by atoms with Crippen molar-refractivity contribution in [1.82, 2.24) is 0 Å². The van der Waals surface area contributed by atoms with Gasteiger partial charge in [0.05, 0.1) is 83.8 Å². The Labute approximate surface area is 655 Å². The molecule has 3 aromatic carbocycles. The summed E-state index contributed by atoms with van der Waals surface area (Å²) in [5, 5.41) is 8.77. The number of benzene rings is 3. The summed E-state index contributed by atoms with van der Waals surface area (Å²) in [5.41, 5.74) is 0.691. The molecule has 3 rings (SSSR count). The van der Waals surface area contributed by atoms with E-state index in [0.29, 0.717) is 210 Å². The molecule has 620 valence electrons. The van der Waals surface area contributed by atoms with Crippen molar-refractivity contribution in [3.63, 3.8) is 0 Å². The third kappa shape index (κ3) is 56.0. The van der Waals surface area contributed by atoms with Crippen molar-refractivity contribution in [3.05, 3.63) is 96.6 Å². The summed E-state index contributed by atoms with van der Waals surface area (Å²) < 4.78 is 65.1. The fraction of sp³-hybridized carbons (Fsp3) is 0.635. The van der Waals surface area contributed by atoms with Gasteiger partial charge in [-0.25, -0.2) is 14.4 Å². The summed E-state index contributed by atoms with van der Waals surface area (Å²) in [4.78, 5) is 142. The fourth-order valence-electron chi connectivity index (χ4n) is 10.8. The lowest BCUT2D eigenvalue weighted by Gasteiger charge is -2.09. The largest absolute Gasteiger partial charge is 0.494 e. The van der Waals surface area contributed by atoms with E-state index in [4.69, 9.17) is 66.8 Å². The SMILES string of the molecule is C=CC(=O)OOCCCCCCOc1ccc(C(=O)Oc2ccc(OC(=O)c3ccc(OCCCCCCCCOC(=O)CCCCCOC(=O)CCCCCOC(=O)CCCCCOC(=O)CCCCCOC(=O)CCCCCOC(=O)CCCCCOC(=O)CCCCCOC(=O)CCCCCO)cc3)cc2)cc1. The average molecular weight is 1560 g/mol. The van der Waals surface area contributed by atoms with Crippen molar-refractivity contribution in [3.8, 4) is 23.0 Å². The second-order valence-corrected chi connectivity index (χ2v) is 26.9. The molecule has 0 saturated heterocycles. The van der Waals surface area contributed by atoms with E-state index in [2.05, 4.69) is 11.5 Å². The van der Waals surface area contributed by atoms with Gasteiger partial charge in [0.2, 0.25) is 0 Å². The van der Waals surface area contributed by atoms with E-state index in [1.54, 1.807) is 72.8 Å². The highest BCUT2D eigenvalue weighted by Gasteiger charge is 2.15. The lowest BCUT2D eigenvalue weighted by molar-refractivity contribution is -0.267. The predicted molar refractivity (Wildman–Crippen MR) is 411 cm³/mol. The normalized spacial score (nSPS) is 10.8. The van der Waals surface area contributed by atoms with E-state index in [0.717, 1.165) is 109 Å². The molecule has 0 saturated carbocycles. The summed E-state index contributed by atoms with van der Waals surface area (Å²) in [6.07, 6.45) is 28.8. The summed E-state index contributed by atoms with van der Waals surface area (Å²) in [6.45, 7) is 7.24. The van der Waals surface area contributed by atoms with Crippen molar-refractivity contribution in [2.75, 3.05) is 79.3 Å². The molecule has 0 unspecified atom stereocenters. The quantitative estimate of drug-likeness (QED) is 0.0104. The van der Waals surface area contributed by atoms with Gasteiger partial charge >= 0.3 is 65.7 Å². The monoisotopic (exact) mass is 1560 g/mol. The van der Waals surface area contributed by atoms with Crippen molar-refractivity contribution < 1.29 is 124 Å². The number of carbonyl (C=O) groups is 11. The van der Waals surface area contributed by atoms with Gasteiger partial charge in [-0.3, -0.25) is 43.2 Å². The number of hydrogen-bond acceptors (Lipinski definition) is 26. The van der Waals surface area contributed by atoms with E-state index in [9.17, 15) is 52.7 Å². The van der Waals surface area contributed by atoms with Gasteiger partial charge in [-0.2, -0.15) is 4.89 Å². The van der Waals surface area contributed by atoms with Crippen molar-refractivity contribution in [1.29, 1.82) is 0 Å². The predicted octanol–water partition coefficient (Wildman–Crippen LogP) is 16.3. The zero-order valence-electron chi connectivity index (χ0n) is 65.5. The summed E-state index contributed by atoms with van der Waals surface area (Å²) >= 11 is 0. The first-order chi connectivity index (χ1) is 54.1. The first kappa shape index (κ1) is 96.3. The first-order valence-electron chi connectivity index (χ1n) is 40.5. The van der Waals surface area contributed by atoms with Crippen LogP contribution in [0.4, 0.5) is 0 Å². The maximum atomic E-state index is 12.8. The molecule has 3 aromatic rings. The van der Waals surface area contributed by atoms with Crippen molar-refractivity contribution in [2.45, 2.75) is 270 Å². The van der Waals surface area contributed by atoms with E-state index < -0.39 is 17.9 Å². The van der Waals surface area contributed by atoms with Gasteiger partial charge < -0.3 is 61.9 Å². The highest BCUT2D eigenvalue weighted by molar-refractivity contribution is 5.92. The van der Waals surface area contributed by atoms with E-state index in [1.807, 2.05) is 0 Å². The number of aliphatic hydroxyl groups is 1. The average Bonchev–Trinajstić information content (AvgIpc) is 0.860. The Morgan fingerprint density at radius 2 is 0.459 bits per heavy atom. The standard InChI is InChI=1S/C85H124O26/c1-2-75(87)111-108-68-36-8-7-27-59-99-72-51-47-70(48-52-72)85(97)110-74-55-53-73(54-56-74)109-84(96)69-45-49-71(50-46-69)98-58-26-5-3-4-6-28-60-100-77(89)38-18-10-30-62-102-79(91)40-20-12-32-64-104-81(93)42-22-14-34-66-106-83(95)44-24-16-35-67-107-82(94)43-23-15-33-65-105-80(92)41-21-13-31-63-103-78(90)39-19-11-29-61-101-76(88)37-17-9-25-57-86/h2,45-56,86H,1,3-44,57-68H2. The maximum absolute atomic E-state index is 12.8. The molecule has 0 aliphatic rings. The fourth-order valence-corrected chi connectivity index (χ4v) is 10.8. The molecule has 0 fully saturated rings. The molecule has 0 aromatic heterocycles. The minimum atomic E-state index is -0.624.